The quantitative estimate of drug-likeness (QED) is 0.745. The summed E-state index contributed by atoms with van der Waals surface area (Å²) in [5.74, 6) is -0.259. The summed E-state index contributed by atoms with van der Waals surface area (Å²) in [6, 6.07) is 5.09. The summed E-state index contributed by atoms with van der Waals surface area (Å²) >= 11 is 0. The minimum absolute atomic E-state index is 0.0218. The van der Waals surface area contributed by atoms with Crippen LogP contribution < -0.4 is 0 Å². The molecule has 1 aromatic carbocycles. The van der Waals surface area contributed by atoms with E-state index in [0.29, 0.717) is 24.6 Å². The zero-order valence-corrected chi connectivity index (χ0v) is 14.8. The second-order valence-corrected chi connectivity index (χ2v) is 7.52. The highest BCUT2D eigenvalue weighted by Gasteiger charge is 2.27. The Kier molecular flexibility index (Phi) is 3.56. The van der Waals surface area contributed by atoms with E-state index in [0.717, 1.165) is 35.1 Å². The van der Waals surface area contributed by atoms with Crippen LogP contribution in [0.5, 0.6) is 0 Å². The topological polar surface area (TPSA) is 91.2 Å². The summed E-state index contributed by atoms with van der Waals surface area (Å²) in [5.41, 5.74) is 3.88. The van der Waals surface area contributed by atoms with Gasteiger partial charge in [0.15, 0.2) is 0 Å². The molecule has 5 rings (SSSR count). The van der Waals surface area contributed by atoms with Crippen LogP contribution in [0.4, 0.5) is 0 Å². The van der Waals surface area contributed by atoms with E-state index in [1.165, 1.54) is 12.8 Å². The number of carbonyl (C=O) groups is 2. The van der Waals surface area contributed by atoms with Crippen LogP contribution in [0.2, 0.25) is 0 Å². The number of carbonyl (C=O) groups excluding carboxylic acids is 1. The van der Waals surface area contributed by atoms with E-state index in [1.807, 2.05) is 15.8 Å². The van der Waals surface area contributed by atoms with Gasteiger partial charge in [0.25, 0.3) is 5.91 Å². The van der Waals surface area contributed by atoms with Crippen LogP contribution in [0.1, 0.15) is 44.8 Å². The summed E-state index contributed by atoms with van der Waals surface area (Å²) in [5, 5.41) is 14.5. The summed E-state index contributed by atoms with van der Waals surface area (Å²) in [7, 11) is 0. The van der Waals surface area contributed by atoms with E-state index >= 15 is 0 Å². The molecular formula is C20H20N4O3. The molecule has 2 aromatic heterocycles. The Morgan fingerprint density at radius 1 is 1.26 bits per heavy atom. The molecule has 0 bridgehead atoms. The molecule has 0 spiro atoms. The molecule has 0 atom stereocenters. The van der Waals surface area contributed by atoms with Crippen LogP contribution in [-0.2, 0) is 19.5 Å². The first kappa shape index (κ1) is 16.1. The van der Waals surface area contributed by atoms with Gasteiger partial charge in [-0.25, -0.2) is 4.79 Å². The highest BCUT2D eigenvalue weighted by molar-refractivity contribution is 5.97. The third-order valence-corrected chi connectivity index (χ3v) is 5.53. The zero-order valence-electron chi connectivity index (χ0n) is 14.8. The highest BCUT2D eigenvalue weighted by Crippen LogP contribution is 2.31. The normalized spacial score (nSPS) is 16.5. The fourth-order valence-electron chi connectivity index (χ4n) is 3.84. The van der Waals surface area contributed by atoms with Crippen molar-refractivity contribution in [1.29, 1.82) is 0 Å². The second kappa shape index (κ2) is 5.97. The number of hydrogen-bond donors (Lipinski definition) is 2. The number of nitrogens with one attached hydrogen (secondary N) is 1. The number of amides is 1. The molecule has 1 fully saturated rings. The zero-order chi connectivity index (χ0) is 18.5. The number of rotatable bonds is 4. The molecule has 1 aliphatic carbocycles. The lowest BCUT2D eigenvalue weighted by molar-refractivity contribution is 0.0694. The number of hydrogen-bond acceptors (Lipinski definition) is 3. The molecule has 0 saturated heterocycles. The van der Waals surface area contributed by atoms with Crippen molar-refractivity contribution in [2.24, 2.45) is 5.92 Å². The molecule has 27 heavy (non-hydrogen) atoms. The summed E-state index contributed by atoms with van der Waals surface area (Å²) < 4.78 is 1.87. The number of aromatic carboxylic acids is 1. The monoisotopic (exact) mass is 364 g/mol. The molecule has 1 aliphatic heterocycles. The van der Waals surface area contributed by atoms with Gasteiger partial charge >= 0.3 is 5.97 Å². The van der Waals surface area contributed by atoms with Gasteiger partial charge in [-0.15, -0.1) is 0 Å². The first-order chi connectivity index (χ1) is 13.1. The maximum atomic E-state index is 12.9. The Morgan fingerprint density at radius 2 is 2.11 bits per heavy atom. The van der Waals surface area contributed by atoms with E-state index < -0.39 is 5.97 Å². The van der Waals surface area contributed by atoms with Crippen molar-refractivity contribution in [3.8, 4) is 0 Å². The predicted octanol–water partition coefficient (Wildman–Crippen LogP) is 2.67. The van der Waals surface area contributed by atoms with Crippen LogP contribution in [0, 0.1) is 5.92 Å². The molecule has 2 N–H and O–H groups in total. The van der Waals surface area contributed by atoms with Crippen molar-refractivity contribution in [2.45, 2.75) is 32.4 Å². The molecule has 1 amide bonds. The van der Waals surface area contributed by atoms with Gasteiger partial charge in [-0.3, -0.25) is 9.48 Å². The minimum Gasteiger partial charge on any atom is -0.478 e. The lowest BCUT2D eigenvalue weighted by Gasteiger charge is -2.27. The molecule has 138 valence electrons. The van der Waals surface area contributed by atoms with Crippen molar-refractivity contribution in [3.05, 3.63) is 53.0 Å². The number of H-pyrrole nitrogens is 1. The Hall–Kier alpha value is -3.09. The molecule has 3 aromatic rings. The fourth-order valence-corrected chi connectivity index (χ4v) is 3.84. The van der Waals surface area contributed by atoms with E-state index in [4.69, 9.17) is 0 Å². The standard InChI is InChI=1S/C20H20N4O3/c25-19(14-8-21-24(10-14)9-12-1-2-12)23-6-5-18-16(11-23)15-7-13(20(26)27)3-4-17(15)22-18/h3-4,7-8,10,12,22H,1-2,5-6,9,11H2,(H,26,27). The van der Waals surface area contributed by atoms with Gasteiger partial charge in [0.2, 0.25) is 0 Å². The molecular weight excluding hydrogens is 344 g/mol. The van der Waals surface area contributed by atoms with Crippen LogP contribution >= 0.6 is 0 Å². The number of aromatic amines is 1. The van der Waals surface area contributed by atoms with Crippen LogP contribution in [0.25, 0.3) is 10.9 Å². The number of fused-ring (bicyclic) bond motifs is 3. The van der Waals surface area contributed by atoms with Crippen LogP contribution in [0.15, 0.2) is 30.6 Å². The van der Waals surface area contributed by atoms with E-state index in [-0.39, 0.29) is 11.5 Å². The molecule has 7 nitrogen and oxygen atoms in total. The first-order valence-electron chi connectivity index (χ1n) is 9.27. The smallest absolute Gasteiger partial charge is 0.335 e. The fraction of sp³-hybridized carbons (Fsp3) is 0.350. The Balaban J connectivity index is 1.41. The average Bonchev–Trinajstić information content (AvgIpc) is 3.23. The maximum Gasteiger partial charge on any atom is 0.335 e. The number of aromatic nitrogens is 3. The molecule has 2 aliphatic rings. The SMILES string of the molecule is O=C(O)c1ccc2[nH]c3c(c2c1)CN(C(=O)c1cnn(CC2CC2)c1)CC3. The molecule has 0 radical (unpaired) electrons. The van der Waals surface area contributed by atoms with Crippen LogP contribution in [-0.4, -0.2) is 43.2 Å². The van der Waals surface area contributed by atoms with Gasteiger partial charge in [0.05, 0.1) is 17.3 Å². The second-order valence-electron chi connectivity index (χ2n) is 7.52. The summed E-state index contributed by atoms with van der Waals surface area (Å²) in [4.78, 5) is 29.4. The number of carboxylic acids is 1. The molecule has 0 unspecified atom stereocenters. The van der Waals surface area contributed by atoms with Crippen molar-refractivity contribution >= 4 is 22.8 Å². The minimum atomic E-state index is -0.946. The van der Waals surface area contributed by atoms with Crippen molar-refractivity contribution in [2.75, 3.05) is 6.54 Å². The number of carboxylic acid groups (broad SMARTS) is 1. The first-order valence-corrected chi connectivity index (χ1v) is 9.27. The predicted molar refractivity (Wildman–Crippen MR) is 98.7 cm³/mol. The van der Waals surface area contributed by atoms with Gasteiger partial charge in [-0.05, 0) is 37.0 Å². The molecule has 3 heterocycles. The van der Waals surface area contributed by atoms with Crippen molar-refractivity contribution in [1.82, 2.24) is 19.7 Å². The molecule has 1 saturated carbocycles. The van der Waals surface area contributed by atoms with Gasteiger partial charge < -0.3 is 15.0 Å². The average molecular weight is 364 g/mol. The third-order valence-electron chi connectivity index (χ3n) is 5.53. The number of nitrogens with zero attached hydrogens (tertiary/aromatic N) is 3. The summed E-state index contributed by atoms with van der Waals surface area (Å²) in [6.07, 6.45) is 6.72. The Morgan fingerprint density at radius 3 is 2.89 bits per heavy atom. The van der Waals surface area contributed by atoms with E-state index in [1.54, 1.807) is 24.4 Å². The van der Waals surface area contributed by atoms with E-state index in [2.05, 4.69) is 10.1 Å². The van der Waals surface area contributed by atoms with Crippen molar-refractivity contribution in [3.63, 3.8) is 0 Å². The molecule has 7 heteroatoms. The van der Waals surface area contributed by atoms with E-state index in [9.17, 15) is 14.7 Å². The lowest BCUT2D eigenvalue weighted by Crippen LogP contribution is -2.35. The van der Waals surface area contributed by atoms with Gasteiger partial charge in [0, 0.05) is 54.4 Å². The number of benzene rings is 1. The highest BCUT2D eigenvalue weighted by atomic mass is 16.4. The van der Waals surface area contributed by atoms with Crippen molar-refractivity contribution < 1.29 is 14.7 Å². The Labute approximate surface area is 155 Å². The van der Waals surface area contributed by atoms with Gasteiger partial charge in [0.1, 0.15) is 0 Å². The summed E-state index contributed by atoms with van der Waals surface area (Å²) in [6.45, 7) is 2.00. The lowest BCUT2D eigenvalue weighted by atomic mass is 10.0. The maximum absolute atomic E-state index is 12.9. The van der Waals surface area contributed by atoms with Crippen LogP contribution in [0.3, 0.4) is 0 Å². The third kappa shape index (κ3) is 2.89. The van der Waals surface area contributed by atoms with Gasteiger partial charge in [-0.2, -0.15) is 5.10 Å². The Bertz CT molecular complexity index is 1060. The largest absolute Gasteiger partial charge is 0.478 e. The van der Waals surface area contributed by atoms with Gasteiger partial charge in [-0.1, -0.05) is 0 Å².